The van der Waals surface area contributed by atoms with E-state index in [1.165, 1.54) is 0 Å². The monoisotopic (exact) mass is 387 g/mol. The minimum atomic E-state index is -0.340. The van der Waals surface area contributed by atoms with E-state index >= 15 is 0 Å². The van der Waals surface area contributed by atoms with Gasteiger partial charge in [0.25, 0.3) is 5.91 Å². The van der Waals surface area contributed by atoms with Gasteiger partial charge in [-0.25, -0.2) is 0 Å². The molecule has 0 unspecified atom stereocenters. The van der Waals surface area contributed by atoms with Gasteiger partial charge in [-0.05, 0) is 48.9 Å². The lowest BCUT2D eigenvalue weighted by Gasteiger charge is -2.16. The Bertz CT molecular complexity index is 1010. The van der Waals surface area contributed by atoms with Gasteiger partial charge < -0.3 is 15.2 Å². The highest BCUT2D eigenvalue weighted by molar-refractivity contribution is 6.40. The summed E-state index contributed by atoms with van der Waals surface area (Å²) >= 11 is 12.3. The highest BCUT2D eigenvalue weighted by Crippen LogP contribution is 2.30. The first kappa shape index (κ1) is 16.9. The van der Waals surface area contributed by atoms with Crippen molar-refractivity contribution in [3.63, 3.8) is 0 Å². The number of amides is 2. The third-order valence-corrected chi connectivity index (χ3v) is 5.06. The number of fused-ring (bicyclic) bond motifs is 1. The van der Waals surface area contributed by atoms with Crippen LogP contribution < -0.4 is 10.2 Å². The fraction of sp³-hybridized carbons (Fsp3) is 0.158. The first-order valence-corrected chi connectivity index (χ1v) is 8.97. The van der Waals surface area contributed by atoms with Gasteiger partial charge in [0, 0.05) is 40.3 Å². The molecule has 2 heterocycles. The fourth-order valence-electron chi connectivity index (χ4n) is 3.13. The first-order valence-electron chi connectivity index (χ1n) is 8.21. The largest absolute Gasteiger partial charge is 0.349 e. The topological polar surface area (TPSA) is 65.2 Å². The molecule has 0 atom stereocenters. The molecule has 2 amide bonds. The van der Waals surface area contributed by atoms with Gasteiger partial charge in [0.1, 0.15) is 5.69 Å². The van der Waals surface area contributed by atoms with Crippen molar-refractivity contribution in [2.45, 2.75) is 12.8 Å². The van der Waals surface area contributed by atoms with Crippen molar-refractivity contribution in [3.8, 4) is 0 Å². The molecule has 0 aliphatic carbocycles. The summed E-state index contributed by atoms with van der Waals surface area (Å²) < 4.78 is 0. The molecule has 0 saturated carbocycles. The molecule has 1 aromatic heterocycles. The lowest BCUT2D eigenvalue weighted by molar-refractivity contribution is -0.117. The van der Waals surface area contributed by atoms with Gasteiger partial charge in [-0.1, -0.05) is 23.2 Å². The second-order valence-corrected chi connectivity index (χ2v) is 6.97. The van der Waals surface area contributed by atoms with Gasteiger partial charge in [-0.15, -0.1) is 0 Å². The summed E-state index contributed by atoms with van der Waals surface area (Å²) in [6.45, 7) is 0.734. The molecule has 7 heteroatoms. The number of hydrogen-bond donors (Lipinski definition) is 2. The average molecular weight is 388 g/mol. The molecule has 4 rings (SSSR count). The fourth-order valence-corrected chi connectivity index (χ4v) is 3.59. The number of aromatic nitrogens is 1. The van der Waals surface area contributed by atoms with E-state index in [1.807, 2.05) is 12.1 Å². The van der Waals surface area contributed by atoms with Crippen LogP contribution >= 0.6 is 23.2 Å². The molecule has 2 N–H and O–H groups in total. The quantitative estimate of drug-likeness (QED) is 0.674. The Labute approximate surface area is 159 Å². The highest BCUT2D eigenvalue weighted by Gasteiger charge is 2.22. The van der Waals surface area contributed by atoms with Crippen LogP contribution in [0.15, 0.2) is 42.5 Å². The van der Waals surface area contributed by atoms with Crippen LogP contribution in [0.1, 0.15) is 23.3 Å². The van der Waals surface area contributed by atoms with Crippen LogP contribution in [-0.2, 0) is 4.79 Å². The lowest BCUT2D eigenvalue weighted by atomic mass is 10.2. The molecule has 132 valence electrons. The van der Waals surface area contributed by atoms with Crippen LogP contribution in [0.25, 0.3) is 10.9 Å². The first-order chi connectivity index (χ1) is 12.5. The second kappa shape index (κ2) is 6.67. The molecule has 0 radical (unpaired) electrons. The van der Waals surface area contributed by atoms with Crippen molar-refractivity contribution >= 4 is 57.3 Å². The summed E-state index contributed by atoms with van der Waals surface area (Å²) in [5.41, 5.74) is 2.48. The highest BCUT2D eigenvalue weighted by atomic mass is 35.5. The molecule has 0 bridgehead atoms. The third-order valence-electron chi connectivity index (χ3n) is 4.43. The van der Waals surface area contributed by atoms with Crippen molar-refractivity contribution in [3.05, 3.63) is 58.2 Å². The number of nitrogens with zero attached hydrogens (tertiary/aromatic N) is 1. The average Bonchev–Trinajstić information content (AvgIpc) is 3.19. The van der Waals surface area contributed by atoms with E-state index < -0.39 is 0 Å². The summed E-state index contributed by atoms with van der Waals surface area (Å²) in [6, 6.07) is 12.4. The van der Waals surface area contributed by atoms with Crippen LogP contribution in [0, 0.1) is 0 Å². The molecule has 3 aromatic rings. The summed E-state index contributed by atoms with van der Waals surface area (Å²) in [5, 5.41) is 4.40. The van der Waals surface area contributed by atoms with E-state index in [1.54, 1.807) is 35.2 Å². The SMILES string of the molecule is O=C(Nc1ccc(N2CCCC2=O)cc1)c1[nH]c2ccc(Cl)cc2c1Cl. The van der Waals surface area contributed by atoms with Crippen molar-refractivity contribution < 1.29 is 9.59 Å². The molecule has 1 aliphatic rings. The Hall–Kier alpha value is -2.50. The number of carbonyl (C=O) groups is 2. The number of H-pyrrole nitrogens is 1. The van der Waals surface area contributed by atoms with Crippen molar-refractivity contribution in [2.75, 3.05) is 16.8 Å². The zero-order valence-electron chi connectivity index (χ0n) is 13.7. The van der Waals surface area contributed by atoms with Gasteiger partial charge >= 0.3 is 0 Å². The lowest BCUT2D eigenvalue weighted by Crippen LogP contribution is -2.23. The summed E-state index contributed by atoms with van der Waals surface area (Å²) in [6.07, 6.45) is 1.46. The Morgan fingerprint density at radius 2 is 1.88 bits per heavy atom. The molecule has 2 aromatic carbocycles. The normalized spacial score (nSPS) is 14.2. The zero-order valence-corrected chi connectivity index (χ0v) is 15.2. The molecule has 1 aliphatic heterocycles. The van der Waals surface area contributed by atoms with Crippen molar-refractivity contribution in [1.29, 1.82) is 0 Å². The molecule has 26 heavy (non-hydrogen) atoms. The number of benzene rings is 2. The Balaban J connectivity index is 1.55. The number of carbonyl (C=O) groups excluding carboxylic acids is 2. The minimum Gasteiger partial charge on any atom is -0.349 e. The van der Waals surface area contributed by atoms with Crippen LogP contribution in [0.5, 0.6) is 0 Å². The van der Waals surface area contributed by atoms with E-state index in [0.717, 1.165) is 24.2 Å². The summed E-state index contributed by atoms with van der Waals surface area (Å²) in [7, 11) is 0. The Kier molecular flexibility index (Phi) is 4.34. The number of anilines is 2. The number of halogens is 2. The van der Waals surface area contributed by atoms with Crippen LogP contribution in [-0.4, -0.2) is 23.3 Å². The smallest absolute Gasteiger partial charge is 0.273 e. The third kappa shape index (κ3) is 3.04. The van der Waals surface area contributed by atoms with Crippen LogP contribution in [0.3, 0.4) is 0 Å². The van der Waals surface area contributed by atoms with Crippen LogP contribution in [0.4, 0.5) is 11.4 Å². The number of nitrogens with one attached hydrogen (secondary N) is 2. The van der Waals surface area contributed by atoms with Gasteiger partial charge in [0.15, 0.2) is 0 Å². The zero-order chi connectivity index (χ0) is 18.3. The summed E-state index contributed by atoms with van der Waals surface area (Å²) in [5.74, 6) is -0.211. The van der Waals surface area contributed by atoms with E-state index in [2.05, 4.69) is 10.3 Å². The maximum absolute atomic E-state index is 12.6. The van der Waals surface area contributed by atoms with Gasteiger partial charge in [-0.2, -0.15) is 0 Å². The molecule has 5 nitrogen and oxygen atoms in total. The Morgan fingerprint density at radius 1 is 1.12 bits per heavy atom. The van der Waals surface area contributed by atoms with E-state index in [9.17, 15) is 9.59 Å². The standard InChI is InChI=1S/C19H15Cl2N3O2/c20-11-3-8-15-14(10-11)17(21)18(23-15)19(26)22-12-4-6-13(7-5-12)24-9-1-2-16(24)25/h3-8,10,23H,1-2,9H2,(H,22,26). The summed E-state index contributed by atoms with van der Waals surface area (Å²) in [4.78, 5) is 29.1. The van der Waals surface area contributed by atoms with Crippen molar-refractivity contribution in [1.82, 2.24) is 4.98 Å². The molecule has 1 fully saturated rings. The van der Waals surface area contributed by atoms with Crippen LogP contribution in [0.2, 0.25) is 10.0 Å². The Morgan fingerprint density at radius 3 is 2.58 bits per heavy atom. The van der Waals surface area contributed by atoms with E-state index in [0.29, 0.717) is 27.5 Å². The number of aromatic amines is 1. The molecular weight excluding hydrogens is 373 g/mol. The van der Waals surface area contributed by atoms with Gasteiger partial charge in [0.2, 0.25) is 5.91 Å². The molecule has 0 spiro atoms. The maximum atomic E-state index is 12.6. The van der Waals surface area contributed by atoms with Gasteiger partial charge in [-0.3, -0.25) is 9.59 Å². The predicted octanol–water partition coefficient (Wildman–Crippen LogP) is 4.85. The van der Waals surface area contributed by atoms with Gasteiger partial charge in [0.05, 0.1) is 5.02 Å². The number of hydrogen-bond acceptors (Lipinski definition) is 2. The van der Waals surface area contributed by atoms with E-state index in [-0.39, 0.29) is 17.5 Å². The second-order valence-electron chi connectivity index (χ2n) is 6.15. The number of rotatable bonds is 3. The van der Waals surface area contributed by atoms with Crippen molar-refractivity contribution in [2.24, 2.45) is 0 Å². The van der Waals surface area contributed by atoms with E-state index in [4.69, 9.17) is 23.2 Å². The minimum absolute atomic E-state index is 0.130. The predicted molar refractivity (Wildman–Crippen MR) is 104 cm³/mol. The molecule has 1 saturated heterocycles. The molecular formula is C19H15Cl2N3O2. The maximum Gasteiger partial charge on any atom is 0.273 e.